The van der Waals surface area contributed by atoms with Crippen LogP contribution in [0.25, 0.3) is 0 Å². The number of carbonyl (C=O) groups excluding carboxylic acids is 2. The van der Waals surface area contributed by atoms with Crippen molar-refractivity contribution in [2.45, 2.75) is 22.6 Å². The van der Waals surface area contributed by atoms with Gasteiger partial charge in [0.25, 0.3) is 5.91 Å². The van der Waals surface area contributed by atoms with Crippen LogP contribution in [0.2, 0.25) is 0 Å². The normalized spacial score (nSPS) is 14.6. The van der Waals surface area contributed by atoms with Crippen molar-refractivity contribution in [1.82, 2.24) is 10.3 Å². The zero-order valence-corrected chi connectivity index (χ0v) is 15.2. The number of ketones is 1. The molecule has 0 aromatic heterocycles. The van der Waals surface area contributed by atoms with Gasteiger partial charge in [-0.15, -0.1) is 0 Å². The summed E-state index contributed by atoms with van der Waals surface area (Å²) in [5.74, 6) is -0.423. The Morgan fingerprint density at radius 1 is 1.00 bits per heavy atom. The van der Waals surface area contributed by atoms with E-state index < -0.39 is 0 Å². The lowest BCUT2D eigenvalue weighted by Crippen LogP contribution is -2.33. The van der Waals surface area contributed by atoms with E-state index in [0.29, 0.717) is 12.1 Å². The summed E-state index contributed by atoms with van der Waals surface area (Å²) in [7, 11) is 0. The summed E-state index contributed by atoms with van der Waals surface area (Å²) in [5, 5.41) is 3.77. The standard InChI is InChI=1S/C20H21N3O2S/c24-19(14-21-22-20(25)15-23-12-4-5-13-23)16-8-10-18(11-9-16)26-17-6-2-1-3-7-17/h1-3,6-11,14H,4-5,12-13,15H2,(H,22,25)/b21-14+. The zero-order chi connectivity index (χ0) is 18.2. The third-order valence-electron chi connectivity index (χ3n) is 4.05. The third-order valence-corrected chi connectivity index (χ3v) is 5.07. The first-order valence-corrected chi connectivity index (χ1v) is 9.44. The van der Waals surface area contributed by atoms with Crippen molar-refractivity contribution >= 4 is 29.7 Å². The SMILES string of the molecule is O=C(CN1CCCC1)N/N=C/C(=O)c1ccc(Sc2ccccc2)cc1. The maximum Gasteiger partial charge on any atom is 0.254 e. The van der Waals surface area contributed by atoms with Crippen LogP contribution < -0.4 is 5.43 Å². The number of hydrazone groups is 1. The van der Waals surface area contributed by atoms with Crippen molar-refractivity contribution in [2.75, 3.05) is 19.6 Å². The highest BCUT2D eigenvalue weighted by atomic mass is 32.2. The fourth-order valence-corrected chi connectivity index (χ4v) is 3.57. The minimum Gasteiger partial charge on any atom is -0.294 e. The van der Waals surface area contributed by atoms with Gasteiger partial charge in [0.2, 0.25) is 5.78 Å². The number of carbonyl (C=O) groups is 2. The average molecular weight is 367 g/mol. The lowest BCUT2D eigenvalue weighted by atomic mass is 10.1. The predicted molar refractivity (Wildman–Crippen MR) is 104 cm³/mol. The van der Waals surface area contributed by atoms with Crippen LogP contribution in [0.1, 0.15) is 23.2 Å². The highest BCUT2D eigenvalue weighted by molar-refractivity contribution is 7.99. The molecule has 1 fully saturated rings. The van der Waals surface area contributed by atoms with Crippen LogP contribution in [-0.4, -0.2) is 42.4 Å². The largest absolute Gasteiger partial charge is 0.294 e. The van der Waals surface area contributed by atoms with Crippen molar-refractivity contribution in [3.05, 3.63) is 60.2 Å². The number of nitrogens with zero attached hydrogens (tertiary/aromatic N) is 2. The summed E-state index contributed by atoms with van der Waals surface area (Å²) in [6, 6.07) is 17.4. The van der Waals surface area contributed by atoms with Crippen molar-refractivity contribution in [3.63, 3.8) is 0 Å². The summed E-state index contributed by atoms with van der Waals surface area (Å²) < 4.78 is 0. The molecule has 1 heterocycles. The molecule has 1 amide bonds. The first kappa shape index (κ1) is 18.4. The fourth-order valence-electron chi connectivity index (χ4n) is 2.73. The Morgan fingerprint density at radius 3 is 2.35 bits per heavy atom. The van der Waals surface area contributed by atoms with Crippen LogP contribution in [0, 0.1) is 0 Å². The molecule has 6 heteroatoms. The minimum atomic E-state index is -0.234. The Hall–Kier alpha value is -2.44. The Bertz CT molecular complexity index is 769. The topological polar surface area (TPSA) is 61.8 Å². The van der Waals surface area contributed by atoms with Gasteiger partial charge in [-0.3, -0.25) is 14.5 Å². The van der Waals surface area contributed by atoms with E-state index in [-0.39, 0.29) is 11.7 Å². The number of likely N-dealkylation sites (tertiary alicyclic amines) is 1. The molecular weight excluding hydrogens is 346 g/mol. The lowest BCUT2D eigenvalue weighted by Gasteiger charge is -2.11. The molecule has 1 N–H and O–H groups in total. The van der Waals surface area contributed by atoms with E-state index in [1.807, 2.05) is 42.5 Å². The molecule has 0 radical (unpaired) electrons. The van der Waals surface area contributed by atoms with Gasteiger partial charge in [0, 0.05) is 15.4 Å². The molecule has 0 unspecified atom stereocenters. The number of rotatable bonds is 7. The fraction of sp³-hybridized carbons (Fsp3) is 0.250. The summed E-state index contributed by atoms with van der Waals surface area (Å²) in [6.07, 6.45) is 3.42. The van der Waals surface area contributed by atoms with Crippen LogP contribution in [0.15, 0.2) is 69.5 Å². The molecule has 134 valence electrons. The second-order valence-electron chi connectivity index (χ2n) is 6.08. The van der Waals surface area contributed by atoms with Gasteiger partial charge >= 0.3 is 0 Å². The number of hydrogen-bond acceptors (Lipinski definition) is 5. The van der Waals surface area contributed by atoms with E-state index in [0.717, 1.165) is 41.9 Å². The van der Waals surface area contributed by atoms with Crippen LogP contribution in [0.4, 0.5) is 0 Å². The molecule has 5 nitrogen and oxygen atoms in total. The van der Waals surface area contributed by atoms with Gasteiger partial charge in [-0.2, -0.15) is 5.10 Å². The summed E-state index contributed by atoms with van der Waals surface area (Å²) in [4.78, 5) is 28.2. The van der Waals surface area contributed by atoms with E-state index in [4.69, 9.17) is 0 Å². The summed E-state index contributed by atoms with van der Waals surface area (Å²) >= 11 is 1.64. The van der Waals surface area contributed by atoms with Crippen molar-refractivity contribution in [3.8, 4) is 0 Å². The molecule has 1 aliphatic rings. The number of benzene rings is 2. The number of Topliss-reactive ketones (excluding diaryl/α,β-unsaturated/α-hetero) is 1. The van der Waals surface area contributed by atoms with E-state index in [1.54, 1.807) is 23.9 Å². The Morgan fingerprint density at radius 2 is 1.65 bits per heavy atom. The van der Waals surface area contributed by atoms with Gasteiger partial charge in [0.1, 0.15) is 0 Å². The molecule has 3 rings (SSSR count). The molecule has 1 saturated heterocycles. The van der Waals surface area contributed by atoms with E-state index in [1.165, 1.54) is 0 Å². The smallest absolute Gasteiger partial charge is 0.254 e. The molecular formula is C20H21N3O2S. The van der Waals surface area contributed by atoms with E-state index in [2.05, 4.69) is 15.4 Å². The van der Waals surface area contributed by atoms with Gasteiger partial charge in [0.15, 0.2) is 0 Å². The maximum atomic E-state index is 12.1. The van der Waals surface area contributed by atoms with Crippen LogP contribution in [0.5, 0.6) is 0 Å². The van der Waals surface area contributed by atoms with Crippen molar-refractivity contribution < 1.29 is 9.59 Å². The van der Waals surface area contributed by atoms with Gasteiger partial charge in [-0.25, -0.2) is 5.43 Å². The quantitative estimate of drug-likeness (QED) is 0.464. The van der Waals surface area contributed by atoms with Gasteiger partial charge in [-0.1, -0.05) is 30.0 Å². The summed E-state index contributed by atoms with van der Waals surface area (Å²) in [6.45, 7) is 2.23. The molecule has 0 aliphatic carbocycles. The average Bonchev–Trinajstić information content (AvgIpc) is 3.16. The molecule has 0 atom stereocenters. The Balaban J connectivity index is 1.48. The second kappa shape index (κ2) is 9.31. The molecule has 1 aliphatic heterocycles. The van der Waals surface area contributed by atoms with Gasteiger partial charge in [0.05, 0.1) is 12.8 Å². The molecule has 26 heavy (non-hydrogen) atoms. The Kier molecular flexibility index (Phi) is 6.57. The number of nitrogens with one attached hydrogen (secondary N) is 1. The van der Waals surface area contributed by atoms with Crippen molar-refractivity contribution in [2.24, 2.45) is 5.10 Å². The predicted octanol–water partition coefficient (Wildman–Crippen LogP) is 3.22. The molecule has 2 aromatic rings. The second-order valence-corrected chi connectivity index (χ2v) is 7.23. The molecule has 0 spiro atoms. The number of amides is 1. The molecule has 0 saturated carbocycles. The highest BCUT2D eigenvalue weighted by Gasteiger charge is 2.14. The lowest BCUT2D eigenvalue weighted by molar-refractivity contribution is -0.121. The van der Waals surface area contributed by atoms with Crippen LogP contribution in [0.3, 0.4) is 0 Å². The number of hydrogen-bond donors (Lipinski definition) is 1. The van der Waals surface area contributed by atoms with E-state index >= 15 is 0 Å². The summed E-state index contributed by atoms with van der Waals surface area (Å²) in [5.41, 5.74) is 2.96. The van der Waals surface area contributed by atoms with Gasteiger partial charge < -0.3 is 0 Å². The van der Waals surface area contributed by atoms with Crippen LogP contribution in [-0.2, 0) is 4.79 Å². The Labute approximate surface area is 157 Å². The molecule has 0 bridgehead atoms. The minimum absolute atomic E-state index is 0.189. The van der Waals surface area contributed by atoms with Crippen molar-refractivity contribution in [1.29, 1.82) is 0 Å². The maximum absolute atomic E-state index is 12.1. The first-order chi connectivity index (χ1) is 12.7. The monoisotopic (exact) mass is 367 g/mol. The van der Waals surface area contributed by atoms with Crippen LogP contribution >= 0.6 is 11.8 Å². The molecule has 2 aromatic carbocycles. The first-order valence-electron chi connectivity index (χ1n) is 8.62. The third kappa shape index (κ3) is 5.54. The van der Waals surface area contributed by atoms with E-state index in [9.17, 15) is 9.59 Å². The highest BCUT2D eigenvalue weighted by Crippen LogP contribution is 2.27. The van der Waals surface area contributed by atoms with Gasteiger partial charge in [-0.05, 0) is 62.3 Å². The zero-order valence-electron chi connectivity index (χ0n) is 14.4.